The van der Waals surface area contributed by atoms with Crippen molar-refractivity contribution in [2.24, 2.45) is 29.6 Å². The normalized spacial score (nSPS) is 23.1. The minimum absolute atomic E-state index is 0. The molecule has 0 spiro atoms. The zero-order valence-corrected chi connectivity index (χ0v) is 36.8. The summed E-state index contributed by atoms with van der Waals surface area (Å²) < 4.78 is 0. The molecule has 2 rings (SSSR count). The van der Waals surface area contributed by atoms with Crippen LogP contribution >= 0.6 is 0 Å². The van der Waals surface area contributed by atoms with Gasteiger partial charge in [0.1, 0.15) is 0 Å². The molecule has 48 heavy (non-hydrogen) atoms. The van der Waals surface area contributed by atoms with Gasteiger partial charge in [-0.05, 0) is 5.92 Å². The molecule has 0 N–H and O–H groups in total. The predicted octanol–water partition coefficient (Wildman–Crippen LogP) is 17.0. The predicted molar refractivity (Wildman–Crippen MR) is 214 cm³/mol. The average molecular weight is 744 g/mol. The van der Waals surface area contributed by atoms with E-state index in [0.717, 1.165) is 29.6 Å². The molecule has 5 atom stereocenters. The van der Waals surface area contributed by atoms with Crippen LogP contribution in [0.2, 0.25) is 0 Å². The molecule has 0 aromatic carbocycles. The number of rotatable bonds is 32. The summed E-state index contributed by atoms with van der Waals surface area (Å²) in [6.45, 7) is 9.70. The summed E-state index contributed by atoms with van der Waals surface area (Å²) in [6.07, 6.45) is 55.9. The topological polar surface area (TPSA) is 0 Å². The zero-order chi connectivity index (χ0) is 33.6. The van der Waals surface area contributed by atoms with Gasteiger partial charge in [0.25, 0.3) is 0 Å². The van der Waals surface area contributed by atoms with Gasteiger partial charge in [0.05, 0.1) is 0 Å². The van der Waals surface area contributed by atoms with Crippen LogP contribution in [-0.4, -0.2) is 0 Å². The van der Waals surface area contributed by atoms with Crippen LogP contribution in [0.15, 0.2) is 0 Å². The smallest absolute Gasteiger partial charge is 0 e. The largest absolute Gasteiger partial charge is 0.325 e. The summed E-state index contributed by atoms with van der Waals surface area (Å²) in [5.41, 5.74) is 0. The van der Waals surface area contributed by atoms with E-state index in [4.69, 9.17) is 0 Å². The summed E-state index contributed by atoms with van der Waals surface area (Å²) in [6, 6.07) is 0. The van der Waals surface area contributed by atoms with Gasteiger partial charge in [-0.25, -0.2) is 0 Å². The van der Waals surface area contributed by atoms with Gasteiger partial charge in [-0.15, -0.1) is 0 Å². The fourth-order valence-electron chi connectivity index (χ4n) is 9.48. The van der Waals surface area contributed by atoms with Crippen molar-refractivity contribution in [2.45, 2.75) is 259 Å². The first-order valence-electron chi connectivity index (χ1n) is 22.8. The monoisotopic (exact) mass is 744 g/mol. The van der Waals surface area contributed by atoms with Crippen LogP contribution in [0.4, 0.5) is 0 Å². The quantitative estimate of drug-likeness (QED) is 0.0475. The van der Waals surface area contributed by atoms with E-state index in [9.17, 15) is 0 Å². The van der Waals surface area contributed by atoms with Crippen molar-refractivity contribution in [3.05, 3.63) is 12.3 Å². The minimum Gasteiger partial charge on any atom is -0.325 e. The molecule has 283 valence electrons. The minimum atomic E-state index is 0. The molecule has 2 aliphatic carbocycles. The molecule has 5 unspecified atom stereocenters. The van der Waals surface area contributed by atoms with Crippen LogP contribution in [0.3, 0.4) is 0 Å². The third-order valence-electron chi connectivity index (χ3n) is 12.8. The molecule has 0 heterocycles. The molecular formula is C47H90Y-2. The van der Waals surface area contributed by atoms with Crippen molar-refractivity contribution in [2.75, 3.05) is 0 Å². The first-order chi connectivity index (χ1) is 23.2. The molecule has 2 fully saturated rings. The van der Waals surface area contributed by atoms with Crippen molar-refractivity contribution in [3.8, 4) is 0 Å². The summed E-state index contributed by atoms with van der Waals surface area (Å²) in [5, 5.41) is 0. The van der Waals surface area contributed by atoms with Gasteiger partial charge in [0.2, 0.25) is 0 Å². The van der Waals surface area contributed by atoms with Crippen molar-refractivity contribution in [3.63, 3.8) is 0 Å². The molecule has 0 bridgehead atoms. The van der Waals surface area contributed by atoms with Gasteiger partial charge in [-0.1, -0.05) is 251 Å². The third-order valence-corrected chi connectivity index (χ3v) is 12.8. The molecule has 0 aromatic heterocycles. The second-order valence-corrected chi connectivity index (χ2v) is 17.4. The van der Waals surface area contributed by atoms with E-state index >= 15 is 0 Å². The standard InChI is InChI=1S/C47H90.Y/c1-5-7-9-11-13-15-17-19-21-23-25-27-29-31-33-44(34-32-30-28-26-24-22-20-18-16-14-12-10-8-6-2)47-41-43(4)37-40-46(47)45-38-35-42(3)36-39-45;/h38,42-43,45-47H,5-37,39-41H2,1-4H3;/q-2;. The van der Waals surface area contributed by atoms with Gasteiger partial charge in [-0.3, -0.25) is 0 Å². The Hall–Kier alpha value is 1.10. The Morgan fingerprint density at radius 1 is 0.438 bits per heavy atom. The van der Waals surface area contributed by atoms with Crippen molar-refractivity contribution in [1.82, 2.24) is 0 Å². The zero-order valence-electron chi connectivity index (χ0n) is 34.0. The van der Waals surface area contributed by atoms with Crippen molar-refractivity contribution in [1.29, 1.82) is 0 Å². The van der Waals surface area contributed by atoms with Gasteiger partial charge in [0.15, 0.2) is 0 Å². The molecule has 0 amide bonds. The number of hydrogen-bond acceptors (Lipinski definition) is 0. The first-order valence-corrected chi connectivity index (χ1v) is 22.8. The maximum Gasteiger partial charge on any atom is 0 e. The number of unbranched alkanes of at least 4 members (excludes halogenated alkanes) is 26. The Kier molecular flexibility index (Phi) is 33.3. The van der Waals surface area contributed by atoms with E-state index in [1.807, 2.05) is 5.92 Å². The van der Waals surface area contributed by atoms with Gasteiger partial charge >= 0.3 is 0 Å². The molecule has 0 aliphatic heterocycles. The van der Waals surface area contributed by atoms with Crippen LogP contribution in [-0.2, 0) is 32.7 Å². The number of hydrogen-bond donors (Lipinski definition) is 0. The van der Waals surface area contributed by atoms with Crippen molar-refractivity contribution < 1.29 is 32.7 Å². The van der Waals surface area contributed by atoms with E-state index in [-0.39, 0.29) is 32.7 Å². The van der Waals surface area contributed by atoms with E-state index in [2.05, 4.69) is 34.1 Å². The molecule has 0 saturated heterocycles. The Morgan fingerprint density at radius 3 is 1.15 bits per heavy atom. The Morgan fingerprint density at radius 2 is 0.792 bits per heavy atom. The fraction of sp³-hybridized carbons (Fsp3) is 0.957. The van der Waals surface area contributed by atoms with Crippen LogP contribution in [0.25, 0.3) is 0 Å². The Labute approximate surface area is 331 Å². The third kappa shape index (κ3) is 24.4. The first kappa shape index (κ1) is 47.1. The molecular weight excluding hydrogens is 653 g/mol. The maximum absolute atomic E-state index is 2.80. The van der Waals surface area contributed by atoms with Crippen LogP contribution in [0.1, 0.15) is 259 Å². The SMILES string of the molecule is CCCCCCCCCCCCCCCC[C-](CCCCCCCCCCCCCCCC)C1CC(C)CCC1C1[CH-]CC(C)CC1.[Y]. The molecule has 0 nitrogen and oxygen atoms in total. The summed E-state index contributed by atoms with van der Waals surface area (Å²) >= 11 is 0. The van der Waals surface area contributed by atoms with Crippen LogP contribution in [0, 0.1) is 41.9 Å². The molecule has 2 aliphatic rings. The maximum atomic E-state index is 2.80. The van der Waals surface area contributed by atoms with Gasteiger partial charge in [0, 0.05) is 32.7 Å². The second-order valence-electron chi connectivity index (χ2n) is 17.4. The summed E-state index contributed by atoms with van der Waals surface area (Å²) in [4.78, 5) is 0. The second kappa shape index (κ2) is 33.9. The molecule has 2 saturated carbocycles. The molecule has 0 aromatic rings. The van der Waals surface area contributed by atoms with E-state index < -0.39 is 0 Å². The fourth-order valence-corrected chi connectivity index (χ4v) is 9.48. The van der Waals surface area contributed by atoms with Crippen molar-refractivity contribution >= 4 is 0 Å². The molecule has 1 heteroatoms. The van der Waals surface area contributed by atoms with E-state index in [1.54, 1.807) is 0 Å². The van der Waals surface area contributed by atoms with Crippen LogP contribution < -0.4 is 0 Å². The van der Waals surface area contributed by atoms with Gasteiger partial charge in [-0.2, -0.15) is 31.1 Å². The van der Waals surface area contributed by atoms with Crippen LogP contribution in [0.5, 0.6) is 0 Å². The van der Waals surface area contributed by atoms with Gasteiger partial charge < -0.3 is 12.3 Å². The average Bonchev–Trinajstić information content (AvgIpc) is 3.08. The molecule has 1 radical (unpaired) electrons. The Balaban J connectivity index is 0.0000115. The van der Waals surface area contributed by atoms with E-state index in [1.165, 1.54) is 231 Å². The van der Waals surface area contributed by atoms with E-state index in [0.29, 0.717) is 0 Å². The summed E-state index contributed by atoms with van der Waals surface area (Å²) in [7, 11) is 0. The summed E-state index contributed by atoms with van der Waals surface area (Å²) in [5.74, 6) is 6.77. The Bertz CT molecular complexity index is 603.